The van der Waals surface area contributed by atoms with E-state index in [4.69, 9.17) is 4.74 Å². The third-order valence-electron chi connectivity index (χ3n) is 4.47. The van der Waals surface area contributed by atoms with Crippen molar-refractivity contribution in [3.05, 3.63) is 58.7 Å². The molecular weight excluding hydrogens is 296 g/mol. The quantitative estimate of drug-likeness (QED) is 0.436. The summed E-state index contributed by atoms with van der Waals surface area (Å²) in [4.78, 5) is 10.7. The van der Waals surface area contributed by atoms with Gasteiger partial charge in [0, 0.05) is 6.92 Å². The molecule has 2 nitrogen and oxygen atoms in total. The Bertz CT molecular complexity index is 595. The summed E-state index contributed by atoms with van der Waals surface area (Å²) in [6.07, 6.45) is 16.3. The van der Waals surface area contributed by atoms with Gasteiger partial charge in [0.15, 0.2) is 0 Å². The van der Waals surface area contributed by atoms with Gasteiger partial charge in [0.2, 0.25) is 0 Å². The van der Waals surface area contributed by atoms with Crippen LogP contribution in [0.1, 0.15) is 60.8 Å². The average Bonchev–Trinajstić information content (AvgIpc) is 2.45. The Labute approximate surface area is 147 Å². The van der Waals surface area contributed by atoms with Crippen molar-refractivity contribution in [2.24, 2.45) is 5.41 Å². The number of hydrogen-bond acceptors (Lipinski definition) is 2. The highest BCUT2D eigenvalue weighted by molar-refractivity contribution is 5.66. The molecule has 1 aliphatic rings. The van der Waals surface area contributed by atoms with Gasteiger partial charge in [-0.3, -0.25) is 4.79 Å². The fourth-order valence-corrected chi connectivity index (χ4v) is 2.99. The van der Waals surface area contributed by atoms with E-state index in [0.717, 1.165) is 5.57 Å². The molecule has 0 atom stereocenters. The third kappa shape index (κ3) is 7.16. The van der Waals surface area contributed by atoms with Gasteiger partial charge in [-0.25, -0.2) is 0 Å². The topological polar surface area (TPSA) is 26.3 Å². The fraction of sp³-hybridized carbons (Fsp3) is 0.500. The van der Waals surface area contributed by atoms with Crippen LogP contribution in [0.4, 0.5) is 0 Å². The summed E-state index contributed by atoms with van der Waals surface area (Å²) >= 11 is 0. The lowest BCUT2D eigenvalue weighted by molar-refractivity contribution is -0.139. The summed E-state index contributed by atoms with van der Waals surface area (Å²) in [6.45, 7) is 12.8. The van der Waals surface area contributed by atoms with Gasteiger partial charge < -0.3 is 4.74 Å². The SMILES string of the molecule is CC(=O)OC\C=C(C)/C=C/C=C(C)/C=C/C1=C(C)CCCC1(C)C. The Hall–Kier alpha value is -1.83. The summed E-state index contributed by atoms with van der Waals surface area (Å²) in [6, 6.07) is 0. The highest BCUT2D eigenvalue weighted by Crippen LogP contribution is 2.40. The van der Waals surface area contributed by atoms with Gasteiger partial charge in [-0.05, 0) is 57.1 Å². The lowest BCUT2D eigenvalue weighted by Crippen LogP contribution is -2.19. The van der Waals surface area contributed by atoms with E-state index >= 15 is 0 Å². The number of rotatable bonds is 6. The maximum Gasteiger partial charge on any atom is 0.302 e. The molecule has 1 aliphatic carbocycles. The number of ether oxygens (including phenoxy) is 1. The predicted octanol–water partition coefficient (Wildman–Crippen LogP) is 6.08. The van der Waals surface area contributed by atoms with E-state index in [1.165, 1.54) is 42.9 Å². The molecule has 2 heteroatoms. The highest BCUT2D eigenvalue weighted by atomic mass is 16.5. The van der Waals surface area contributed by atoms with Crippen LogP contribution in [0.15, 0.2) is 58.7 Å². The van der Waals surface area contributed by atoms with Crippen molar-refractivity contribution in [2.45, 2.75) is 60.8 Å². The molecule has 0 amide bonds. The summed E-state index contributed by atoms with van der Waals surface area (Å²) < 4.78 is 4.89. The van der Waals surface area contributed by atoms with Crippen molar-refractivity contribution in [3.63, 3.8) is 0 Å². The maximum atomic E-state index is 10.7. The number of hydrogen-bond donors (Lipinski definition) is 0. The van der Waals surface area contributed by atoms with E-state index in [1.54, 1.807) is 0 Å². The van der Waals surface area contributed by atoms with Gasteiger partial charge in [0.1, 0.15) is 6.61 Å². The highest BCUT2D eigenvalue weighted by Gasteiger charge is 2.26. The molecule has 0 N–H and O–H groups in total. The maximum absolute atomic E-state index is 10.7. The van der Waals surface area contributed by atoms with Crippen molar-refractivity contribution in [3.8, 4) is 0 Å². The minimum absolute atomic E-state index is 0.251. The lowest BCUT2D eigenvalue weighted by atomic mass is 9.72. The van der Waals surface area contributed by atoms with Crippen LogP contribution >= 0.6 is 0 Å². The minimum Gasteiger partial charge on any atom is -0.462 e. The Morgan fingerprint density at radius 3 is 2.50 bits per heavy atom. The van der Waals surface area contributed by atoms with E-state index in [-0.39, 0.29) is 11.4 Å². The number of esters is 1. The first-order valence-electron chi connectivity index (χ1n) is 8.76. The zero-order valence-corrected chi connectivity index (χ0v) is 16.1. The smallest absolute Gasteiger partial charge is 0.302 e. The van der Waals surface area contributed by atoms with Crippen LogP contribution in [-0.2, 0) is 9.53 Å². The van der Waals surface area contributed by atoms with E-state index < -0.39 is 0 Å². The van der Waals surface area contributed by atoms with Gasteiger partial charge in [-0.2, -0.15) is 0 Å². The zero-order chi connectivity index (χ0) is 18.2. The molecule has 0 radical (unpaired) electrons. The molecule has 0 spiro atoms. The first kappa shape index (κ1) is 20.2. The Balaban J connectivity index is 2.67. The molecule has 0 saturated heterocycles. The van der Waals surface area contributed by atoms with Crippen molar-refractivity contribution < 1.29 is 9.53 Å². The van der Waals surface area contributed by atoms with E-state index in [1.807, 2.05) is 25.2 Å². The van der Waals surface area contributed by atoms with Crippen LogP contribution in [-0.4, -0.2) is 12.6 Å². The first-order chi connectivity index (χ1) is 11.2. The average molecular weight is 328 g/mol. The summed E-state index contributed by atoms with van der Waals surface area (Å²) in [5.74, 6) is -0.251. The number of carbonyl (C=O) groups is 1. The van der Waals surface area contributed by atoms with Crippen molar-refractivity contribution >= 4 is 5.97 Å². The standard InChI is InChI=1S/C22H32O2/c1-17(9-7-10-18(2)14-16-24-20(4)23)12-13-21-19(3)11-8-15-22(21,5)6/h7,9-10,12-14H,8,11,15-16H2,1-6H3/b10-7+,13-12+,17-9+,18-14-. The van der Waals surface area contributed by atoms with E-state index in [9.17, 15) is 4.79 Å². The molecule has 0 fully saturated rings. The second-order valence-electron chi connectivity index (χ2n) is 7.29. The summed E-state index contributed by atoms with van der Waals surface area (Å²) in [5.41, 5.74) is 5.60. The zero-order valence-electron chi connectivity index (χ0n) is 16.1. The Morgan fingerprint density at radius 2 is 1.88 bits per heavy atom. The van der Waals surface area contributed by atoms with Crippen molar-refractivity contribution in [2.75, 3.05) is 6.61 Å². The van der Waals surface area contributed by atoms with Crippen LogP contribution < -0.4 is 0 Å². The molecule has 0 aliphatic heterocycles. The molecule has 0 bridgehead atoms. The van der Waals surface area contributed by atoms with Gasteiger partial charge in [-0.1, -0.05) is 60.9 Å². The first-order valence-corrected chi connectivity index (χ1v) is 8.76. The third-order valence-corrected chi connectivity index (χ3v) is 4.47. The largest absolute Gasteiger partial charge is 0.462 e. The van der Waals surface area contributed by atoms with Gasteiger partial charge in [0.25, 0.3) is 0 Å². The summed E-state index contributed by atoms with van der Waals surface area (Å²) in [7, 11) is 0. The Morgan fingerprint density at radius 1 is 1.17 bits per heavy atom. The van der Waals surface area contributed by atoms with Gasteiger partial charge >= 0.3 is 5.97 Å². The number of allylic oxidation sites excluding steroid dienone is 9. The Kier molecular flexibility index (Phi) is 7.97. The molecule has 1 rings (SSSR count). The minimum atomic E-state index is -0.251. The van der Waals surface area contributed by atoms with Crippen molar-refractivity contribution in [1.29, 1.82) is 0 Å². The second-order valence-corrected chi connectivity index (χ2v) is 7.29. The predicted molar refractivity (Wildman–Crippen MR) is 103 cm³/mol. The van der Waals surface area contributed by atoms with E-state index in [2.05, 4.69) is 45.9 Å². The number of carbonyl (C=O) groups excluding carboxylic acids is 1. The van der Waals surface area contributed by atoms with Crippen LogP contribution in [0.25, 0.3) is 0 Å². The fourth-order valence-electron chi connectivity index (χ4n) is 2.99. The lowest BCUT2D eigenvalue weighted by Gasteiger charge is -2.32. The molecule has 0 unspecified atom stereocenters. The van der Waals surface area contributed by atoms with Crippen LogP contribution in [0, 0.1) is 5.41 Å². The molecule has 0 heterocycles. The molecule has 0 saturated carbocycles. The van der Waals surface area contributed by atoms with Crippen LogP contribution in [0.5, 0.6) is 0 Å². The summed E-state index contributed by atoms with van der Waals surface area (Å²) in [5, 5.41) is 0. The van der Waals surface area contributed by atoms with Crippen LogP contribution in [0.2, 0.25) is 0 Å². The molecule has 0 aromatic carbocycles. The van der Waals surface area contributed by atoms with Crippen LogP contribution in [0.3, 0.4) is 0 Å². The second kappa shape index (κ2) is 9.46. The van der Waals surface area contributed by atoms with Crippen molar-refractivity contribution in [1.82, 2.24) is 0 Å². The molecular formula is C22H32O2. The molecule has 0 aromatic rings. The molecule has 24 heavy (non-hydrogen) atoms. The van der Waals surface area contributed by atoms with E-state index in [0.29, 0.717) is 6.61 Å². The van der Waals surface area contributed by atoms with Gasteiger partial charge in [0.05, 0.1) is 0 Å². The normalized spacial score (nSPS) is 19.4. The van der Waals surface area contributed by atoms with Gasteiger partial charge in [-0.15, -0.1) is 0 Å². The molecule has 0 aromatic heterocycles. The molecule has 132 valence electrons. The monoisotopic (exact) mass is 328 g/mol.